The number of hydrogen-bond acceptors (Lipinski definition) is 4. The monoisotopic (exact) mass is 245 g/mol. The zero-order valence-corrected chi connectivity index (χ0v) is 11.2. The molecule has 2 N–H and O–H groups in total. The van der Waals surface area contributed by atoms with Crippen LogP contribution < -0.4 is 5.32 Å². The third-order valence-corrected chi connectivity index (χ3v) is 2.65. The molecule has 0 aromatic rings. The normalized spacial score (nSPS) is 14.9. The van der Waals surface area contributed by atoms with Crippen molar-refractivity contribution in [2.75, 3.05) is 7.11 Å². The Morgan fingerprint density at radius 3 is 2.29 bits per heavy atom. The quantitative estimate of drug-likeness (QED) is 0.743. The van der Waals surface area contributed by atoms with Crippen molar-refractivity contribution in [1.82, 2.24) is 5.32 Å². The minimum absolute atomic E-state index is 0.176. The first kappa shape index (κ1) is 15.9. The summed E-state index contributed by atoms with van der Waals surface area (Å²) >= 11 is 0. The number of methoxy groups -OCH3 is 1. The van der Waals surface area contributed by atoms with Gasteiger partial charge < -0.3 is 15.2 Å². The standard InChI is InChI=1S/C12H23NO4/c1-6-7-8(2)9(14)10(12(3,4)16)13-11(15)17-5/h8,10,16H,6-7H2,1-5H3,(H,13,15)/t8?,10-/m1/s1. The molecule has 5 nitrogen and oxygen atoms in total. The Morgan fingerprint density at radius 1 is 1.41 bits per heavy atom. The predicted octanol–water partition coefficient (Wildman–Crippen LogP) is 1.49. The summed E-state index contributed by atoms with van der Waals surface area (Å²) in [6, 6.07) is -0.948. The van der Waals surface area contributed by atoms with Crippen molar-refractivity contribution in [2.24, 2.45) is 5.92 Å². The van der Waals surface area contributed by atoms with E-state index in [9.17, 15) is 14.7 Å². The van der Waals surface area contributed by atoms with E-state index in [0.717, 1.165) is 12.8 Å². The molecular weight excluding hydrogens is 222 g/mol. The summed E-state index contributed by atoms with van der Waals surface area (Å²) in [5, 5.41) is 12.3. The third kappa shape index (κ3) is 5.17. The first-order valence-corrected chi connectivity index (χ1v) is 5.84. The van der Waals surface area contributed by atoms with Crippen LogP contribution in [0.2, 0.25) is 0 Å². The summed E-state index contributed by atoms with van der Waals surface area (Å²) in [4.78, 5) is 23.3. The molecule has 0 aliphatic carbocycles. The highest BCUT2D eigenvalue weighted by Crippen LogP contribution is 2.17. The largest absolute Gasteiger partial charge is 0.453 e. The Hall–Kier alpha value is -1.10. The van der Waals surface area contributed by atoms with Crippen LogP contribution in [0.1, 0.15) is 40.5 Å². The number of aliphatic hydroxyl groups is 1. The second kappa shape index (κ2) is 6.59. The molecule has 2 atom stereocenters. The van der Waals surface area contributed by atoms with Crippen LogP contribution in [0.3, 0.4) is 0 Å². The van der Waals surface area contributed by atoms with Crippen molar-refractivity contribution in [3.8, 4) is 0 Å². The van der Waals surface area contributed by atoms with Crippen molar-refractivity contribution < 1.29 is 19.4 Å². The maximum atomic E-state index is 12.1. The minimum atomic E-state index is -1.31. The fourth-order valence-electron chi connectivity index (χ4n) is 1.63. The number of Topliss-reactive ketones (excluding diaryl/α,β-unsaturated/α-hetero) is 1. The highest BCUT2D eigenvalue weighted by Gasteiger charge is 2.36. The van der Waals surface area contributed by atoms with Gasteiger partial charge in [0.2, 0.25) is 0 Å². The molecule has 0 saturated carbocycles. The van der Waals surface area contributed by atoms with Crippen LogP contribution >= 0.6 is 0 Å². The lowest BCUT2D eigenvalue weighted by atomic mass is 9.87. The van der Waals surface area contributed by atoms with Gasteiger partial charge in [0.25, 0.3) is 0 Å². The van der Waals surface area contributed by atoms with E-state index in [4.69, 9.17) is 0 Å². The van der Waals surface area contributed by atoms with Gasteiger partial charge in [-0.05, 0) is 20.3 Å². The average molecular weight is 245 g/mol. The lowest BCUT2D eigenvalue weighted by Crippen LogP contribution is -2.55. The summed E-state index contributed by atoms with van der Waals surface area (Å²) < 4.78 is 4.45. The molecule has 0 aliphatic rings. The van der Waals surface area contributed by atoms with Crippen LogP contribution in [-0.4, -0.2) is 35.7 Å². The number of amides is 1. The number of carbonyl (C=O) groups is 2. The van der Waals surface area contributed by atoms with Gasteiger partial charge in [-0.1, -0.05) is 20.3 Å². The Labute approximate surface area is 103 Å². The van der Waals surface area contributed by atoms with E-state index >= 15 is 0 Å². The Bertz CT molecular complexity index is 270. The average Bonchev–Trinajstić information content (AvgIpc) is 2.23. The summed E-state index contributed by atoms with van der Waals surface area (Å²) in [7, 11) is 1.22. The summed E-state index contributed by atoms with van der Waals surface area (Å²) in [5.41, 5.74) is -1.31. The molecule has 0 spiro atoms. The summed E-state index contributed by atoms with van der Waals surface area (Å²) in [6.07, 6.45) is 0.895. The second-order valence-corrected chi connectivity index (χ2v) is 4.81. The number of rotatable bonds is 6. The van der Waals surface area contributed by atoms with Crippen LogP contribution in [0.25, 0.3) is 0 Å². The highest BCUT2D eigenvalue weighted by molar-refractivity contribution is 5.90. The fourth-order valence-corrected chi connectivity index (χ4v) is 1.63. The van der Waals surface area contributed by atoms with Crippen LogP contribution in [0.5, 0.6) is 0 Å². The molecule has 100 valence electrons. The first-order valence-electron chi connectivity index (χ1n) is 5.84. The zero-order valence-electron chi connectivity index (χ0n) is 11.2. The molecular formula is C12H23NO4. The second-order valence-electron chi connectivity index (χ2n) is 4.81. The first-order chi connectivity index (χ1) is 7.73. The Morgan fingerprint density at radius 2 is 1.94 bits per heavy atom. The molecule has 0 radical (unpaired) electrons. The molecule has 0 aromatic heterocycles. The number of hydrogen-bond donors (Lipinski definition) is 2. The van der Waals surface area contributed by atoms with Crippen molar-refractivity contribution in [3.05, 3.63) is 0 Å². The van der Waals surface area contributed by atoms with Gasteiger partial charge in [-0.25, -0.2) is 4.79 Å². The maximum absolute atomic E-state index is 12.1. The number of ketones is 1. The maximum Gasteiger partial charge on any atom is 0.407 e. The van der Waals surface area contributed by atoms with E-state index < -0.39 is 17.7 Å². The summed E-state index contributed by atoms with van der Waals surface area (Å²) in [5.74, 6) is -0.377. The van der Waals surface area contributed by atoms with Crippen molar-refractivity contribution in [3.63, 3.8) is 0 Å². The van der Waals surface area contributed by atoms with E-state index in [0.29, 0.717) is 0 Å². The van der Waals surface area contributed by atoms with Crippen molar-refractivity contribution in [2.45, 2.75) is 52.2 Å². The van der Waals surface area contributed by atoms with Gasteiger partial charge in [-0.3, -0.25) is 4.79 Å². The van der Waals surface area contributed by atoms with E-state index in [1.54, 1.807) is 6.92 Å². The van der Waals surface area contributed by atoms with E-state index in [2.05, 4.69) is 10.1 Å². The molecule has 1 unspecified atom stereocenters. The molecule has 0 bridgehead atoms. The van der Waals surface area contributed by atoms with E-state index in [1.165, 1.54) is 21.0 Å². The highest BCUT2D eigenvalue weighted by atomic mass is 16.5. The molecule has 0 saturated heterocycles. The van der Waals surface area contributed by atoms with Crippen LogP contribution in [0, 0.1) is 5.92 Å². The summed E-state index contributed by atoms with van der Waals surface area (Å²) in [6.45, 7) is 6.76. The van der Waals surface area contributed by atoms with E-state index in [-0.39, 0.29) is 11.7 Å². The zero-order chi connectivity index (χ0) is 13.6. The number of carbonyl (C=O) groups excluding carboxylic acids is 2. The van der Waals surface area contributed by atoms with Crippen molar-refractivity contribution in [1.29, 1.82) is 0 Å². The molecule has 0 aliphatic heterocycles. The van der Waals surface area contributed by atoms with Gasteiger partial charge in [0.05, 0.1) is 12.7 Å². The van der Waals surface area contributed by atoms with Crippen LogP contribution in [0.4, 0.5) is 4.79 Å². The van der Waals surface area contributed by atoms with Gasteiger partial charge in [0.15, 0.2) is 5.78 Å². The molecule has 0 heterocycles. The fraction of sp³-hybridized carbons (Fsp3) is 0.833. The topological polar surface area (TPSA) is 75.6 Å². The van der Waals surface area contributed by atoms with E-state index in [1.807, 2.05) is 6.92 Å². The molecule has 1 amide bonds. The third-order valence-electron chi connectivity index (χ3n) is 2.65. The number of nitrogens with one attached hydrogen (secondary N) is 1. The van der Waals surface area contributed by atoms with Crippen LogP contribution in [-0.2, 0) is 9.53 Å². The van der Waals surface area contributed by atoms with Gasteiger partial charge in [0, 0.05) is 5.92 Å². The van der Waals surface area contributed by atoms with Gasteiger partial charge in [-0.15, -0.1) is 0 Å². The van der Waals surface area contributed by atoms with Gasteiger partial charge >= 0.3 is 6.09 Å². The van der Waals surface area contributed by atoms with Crippen molar-refractivity contribution >= 4 is 11.9 Å². The predicted molar refractivity (Wildman–Crippen MR) is 64.7 cm³/mol. The number of ether oxygens (including phenoxy) is 1. The Kier molecular flexibility index (Phi) is 6.16. The lowest BCUT2D eigenvalue weighted by Gasteiger charge is -2.30. The molecule has 0 fully saturated rings. The number of alkyl carbamates (subject to hydrolysis) is 1. The molecule has 0 rings (SSSR count). The molecule has 0 aromatic carbocycles. The van der Waals surface area contributed by atoms with Gasteiger partial charge in [0.1, 0.15) is 6.04 Å². The lowest BCUT2D eigenvalue weighted by molar-refractivity contribution is -0.130. The van der Waals surface area contributed by atoms with Crippen LogP contribution in [0.15, 0.2) is 0 Å². The molecule has 5 heteroatoms. The smallest absolute Gasteiger partial charge is 0.407 e. The molecule has 17 heavy (non-hydrogen) atoms. The Balaban J connectivity index is 4.81. The van der Waals surface area contributed by atoms with Gasteiger partial charge in [-0.2, -0.15) is 0 Å². The minimum Gasteiger partial charge on any atom is -0.453 e. The SMILES string of the molecule is CCCC(C)C(=O)[C@@H](NC(=O)OC)C(C)(C)O.